The zero-order valence-corrected chi connectivity index (χ0v) is 18.3. The number of halogens is 2. The first-order valence-corrected chi connectivity index (χ1v) is 10.3. The van der Waals surface area contributed by atoms with E-state index in [4.69, 9.17) is 32.7 Å². The molecule has 0 aliphatic carbocycles. The Bertz CT molecular complexity index is 1150. The SMILES string of the molecule is COCC(NC(=O)c1ccc(N2C(=O)OCC2C)c(Cl)c1)c1nc2ccc(Cl)cc2[nH]1. The van der Waals surface area contributed by atoms with Gasteiger partial charge in [-0.2, -0.15) is 0 Å². The highest BCUT2D eigenvalue weighted by Gasteiger charge is 2.32. The van der Waals surface area contributed by atoms with Crippen LogP contribution in [0.2, 0.25) is 10.0 Å². The molecule has 0 spiro atoms. The maximum absolute atomic E-state index is 12.9. The summed E-state index contributed by atoms with van der Waals surface area (Å²) in [5.74, 6) is 0.190. The van der Waals surface area contributed by atoms with Crippen LogP contribution in [0.3, 0.4) is 0 Å². The molecule has 1 fully saturated rings. The minimum atomic E-state index is -0.518. The number of methoxy groups -OCH3 is 1. The van der Waals surface area contributed by atoms with Crippen molar-refractivity contribution in [3.8, 4) is 0 Å². The summed E-state index contributed by atoms with van der Waals surface area (Å²) in [5.41, 5.74) is 2.33. The van der Waals surface area contributed by atoms with Crippen LogP contribution in [0.5, 0.6) is 0 Å². The van der Waals surface area contributed by atoms with Gasteiger partial charge in [-0.3, -0.25) is 9.69 Å². The summed E-state index contributed by atoms with van der Waals surface area (Å²) in [4.78, 5) is 34.0. The van der Waals surface area contributed by atoms with Gasteiger partial charge in [-0.15, -0.1) is 0 Å². The van der Waals surface area contributed by atoms with Crippen LogP contribution in [0, 0.1) is 0 Å². The van der Waals surface area contributed by atoms with Crippen LogP contribution in [0.4, 0.5) is 10.5 Å². The lowest BCUT2D eigenvalue weighted by molar-refractivity contribution is 0.0892. The number of amides is 2. The third kappa shape index (κ3) is 4.32. The third-order valence-corrected chi connectivity index (χ3v) is 5.52. The molecular weight excluding hydrogens is 443 g/mol. The van der Waals surface area contributed by atoms with Crippen molar-refractivity contribution < 1.29 is 19.1 Å². The van der Waals surface area contributed by atoms with Crippen LogP contribution in [-0.2, 0) is 9.47 Å². The quantitative estimate of drug-likeness (QED) is 0.567. The predicted molar refractivity (Wildman–Crippen MR) is 118 cm³/mol. The number of carbonyl (C=O) groups excluding carboxylic acids is 2. The van der Waals surface area contributed by atoms with Crippen LogP contribution in [-0.4, -0.2) is 48.3 Å². The summed E-state index contributed by atoms with van der Waals surface area (Å²) < 4.78 is 10.3. The van der Waals surface area contributed by atoms with Crippen molar-refractivity contribution in [1.82, 2.24) is 15.3 Å². The lowest BCUT2D eigenvalue weighted by Crippen LogP contribution is -2.33. The molecule has 2 unspecified atom stereocenters. The van der Waals surface area contributed by atoms with E-state index in [9.17, 15) is 9.59 Å². The molecule has 10 heteroatoms. The number of hydrogen-bond donors (Lipinski definition) is 2. The number of anilines is 1. The van der Waals surface area contributed by atoms with Crippen LogP contribution < -0.4 is 10.2 Å². The number of imidazole rings is 1. The average Bonchev–Trinajstić information content (AvgIpc) is 3.30. The van der Waals surface area contributed by atoms with E-state index in [-0.39, 0.29) is 23.6 Å². The van der Waals surface area contributed by atoms with Crippen molar-refractivity contribution in [3.63, 3.8) is 0 Å². The molecule has 1 aliphatic rings. The Balaban J connectivity index is 1.56. The van der Waals surface area contributed by atoms with E-state index in [1.807, 2.05) is 6.92 Å². The molecule has 2 aromatic carbocycles. The van der Waals surface area contributed by atoms with Gasteiger partial charge in [0.15, 0.2) is 0 Å². The first kappa shape index (κ1) is 21.4. The summed E-state index contributed by atoms with van der Waals surface area (Å²) >= 11 is 12.4. The molecule has 31 heavy (non-hydrogen) atoms. The molecule has 2 atom stereocenters. The number of ether oxygens (including phenoxy) is 2. The number of hydrogen-bond acceptors (Lipinski definition) is 5. The summed E-state index contributed by atoms with van der Waals surface area (Å²) in [6.07, 6.45) is -0.461. The lowest BCUT2D eigenvalue weighted by Gasteiger charge is -2.20. The molecule has 0 radical (unpaired) electrons. The van der Waals surface area contributed by atoms with Gasteiger partial charge in [0.1, 0.15) is 18.5 Å². The van der Waals surface area contributed by atoms with Crippen LogP contribution in [0.25, 0.3) is 11.0 Å². The van der Waals surface area contributed by atoms with Gasteiger partial charge in [0.05, 0.1) is 34.4 Å². The van der Waals surface area contributed by atoms with Gasteiger partial charge in [0.2, 0.25) is 0 Å². The van der Waals surface area contributed by atoms with Gasteiger partial charge >= 0.3 is 6.09 Å². The fourth-order valence-electron chi connectivity index (χ4n) is 3.46. The number of benzene rings is 2. The van der Waals surface area contributed by atoms with Gasteiger partial charge in [-0.1, -0.05) is 23.2 Å². The Morgan fingerprint density at radius 2 is 2.16 bits per heavy atom. The lowest BCUT2D eigenvalue weighted by atomic mass is 10.1. The van der Waals surface area contributed by atoms with Crippen molar-refractivity contribution in [2.24, 2.45) is 0 Å². The highest BCUT2D eigenvalue weighted by Crippen LogP contribution is 2.31. The predicted octanol–water partition coefficient (Wildman–Crippen LogP) is 4.33. The number of H-pyrrole nitrogens is 1. The van der Waals surface area contributed by atoms with Crippen LogP contribution in [0.1, 0.15) is 29.1 Å². The zero-order chi connectivity index (χ0) is 22.1. The summed E-state index contributed by atoms with van der Waals surface area (Å²) in [6.45, 7) is 2.36. The Morgan fingerprint density at radius 3 is 2.84 bits per heavy atom. The number of cyclic esters (lactones) is 1. The van der Waals surface area contributed by atoms with E-state index in [0.29, 0.717) is 28.7 Å². The number of rotatable bonds is 6. The summed E-state index contributed by atoms with van der Waals surface area (Å²) in [7, 11) is 1.54. The number of carbonyl (C=O) groups is 2. The molecule has 3 aromatic rings. The van der Waals surface area contributed by atoms with Gasteiger partial charge < -0.3 is 19.8 Å². The highest BCUT2D eigenvalue weighted by atomic mass is 35.5. The number of nitrogens with zero attached hydrogens (tertiary/aromatic N) is 2. The second kappa shape index (κ2) is 8.74. The normalized spacial score (nSPS) is 17.1. The largest absolute Gasteiger partial charge is 0.447 e. The molecule has 4 rings (SSSR count). The summed E-state index contributed by atoms with van der Waals surface area (Å²) in [6, 6.07) is 9.42. The van der Waals surface area contributed by atoms with Gasteiger partial charge in [0, 0.05) is 17.7 Å². The monoisotopic (exact) mass is 462 g/mol. The van der Waals surface area contributed by atoms with E-state index in [1.54, 1.807) is 37.4 Å². The third-order valence-electron chi connectivity index (χ3n) is 4.99. The van der Waals surface area contributed by atoms with Crippen molar-refractivity contribution in [2.75, 3.05) is 25.2 Å². The minimum Gasteiger partial charge on any atom is -0.447 e. The van der Waals surface area contributed by atoms with Crippen molar-refractivity contribution in [2.45, 2.75) is 19.0 Å². The van der Waals surface area contributed by atoms with E-state index in [1.165, 1.54) is 11.0 Å². The van der Waals surface area contributed by atoms with Crippen molar-refractivity contribution >= 4 is 51.9 Å². The molecule has 8 nitrogen and oxygen atoms in total. The Kier molecular flexibility index (Phi) is 6.04. The first-order valence-electron chi connectivity index (χ1n) is 9.58. The maximum Gasteiger partial charge on any atom is 0.414 e. The summed E-state index contributed by atoms with van der Waals surface area (Å²) in [5, 5.41) is 3.77. The highest BCUT2D eigenvalue weighted by molar-refractivity contribution is 6.34. The number of nitrogens with one attached hydrogen (secondary N) is 2. The van der Waals surface area contributed by atoms with Crippen molar-refractivity contribution in [3.05, 3.63) is 57.8 Å². The number of aromatic nitrogens is 2. The molecule has 2 N–H and O–H groups in total. The van der Waals surface area contributed by atoms with Gasteiger partial charge in [-0.25, -0.2) is 9.78 Å². The van der Waals surface area contributed by atoms with Crippen LogP contribution >= 0.6 is 23.2 Å². The van der Waals surface area contributed by atoms with E-state index >= 15 is 0 Å². The molecule has 0 saturated carbocycles. The molecule has 162 valence electrons. The Labute approximate surface area is 188 Å². The van der Waals surface area contributed by atoms with Gasteiger partial charge in [-0.05, 0) is 43.3 Å². The fraction of sp³-hybridized carbons (Fsp3) is 0.286. The number of aromatic amines is 1. The molecule has 2 amide bonds. The van der Waals surface area contributed by atoms with E-state index in [0.717, 1.165) is 11.0 Å². The van der Waals surface area contributed by atoms with Crippen LogP contribution in [0.15, 0.2) is 36.4 Å². The fourth-order valence-corrected chi connectivity index (χ4v) is 3.90. The molecule has 1 aromatic heterocycles. The maximum atomic E-state index is 12.9. The molecule has 1 saturated heterocycles. The van der Waals surface area contributed by atoms with Gasteiger partial charge in [0.25, 0.3) is 5.91 Å². The molecule has 2 heterocycles. The molecule has 1 aliphatic heterocycles. The average molecular weight is 463 g/mol. The minimum absolute atomic E-state index is 0.141. The second-order valence-corrected chi connectivity index (χ2v) is 8.07. The molecule has 0 bridgehead atoms. The van der Waals surface area contributed by atoms with E-state index in [2.05, 4.69) is 15.3 Å². The zero-order valence-electron chi connectivity index (χ0n) is 16.8. The second-order valence-electron chi connectivity index (χ2n) is 7.23. The standard InChI is InChI=1S/C21H20Cl2N4O4/c1-11-9-31-21(29)27(11)18-6-3-12(7-14(18)23)20(28)26-17(10-30-2)19-24-15-5-4-13(22)8-16(15)25-19/h3-8,11,17H,9-10H2,1-2H3,(H,24,25)(H,26,28). The smallest absolute Gasteiger partial charge is 0.414 e. The Hall–Kier alpha value is -2.81. The van der Waals surface area contributed by atoms with E-state index < -0.39 is 12.1 Å². The Morgan fingerprint density at radius 1 is 1.35 bits per heavy atom. The topological polar surface area (TPSA) is 96.6 Å². The molecular formula is C21H20Cl2N4O4. The van der Waals surface area contributed by atoms with Crippen molar-refractivity contribution in [1.29, 1.82) is 0 Å². The first-order chi connectivity index (χ1) is 14.9. The number of fused-ring (bicyclic) bond motifs is 1.